The van der Waals surface area contributed by atoms with Gasteiger partial charge in [-0.15, -0.1) is 0 Å². The summed E-state index contributed by atoms with van der Waals surface area (Å²) in [5, 5.41) is 25.1. The lowest BCUT2D eigenvalue weighted by molar-refractivity contribution is -0.123. The summed E-state index contributed by atoms with van der Waals surface area (Å²) < 4.78 is 4.87. The van der Waals surface area contributed by atoms with Crippen LogP contribution in [0.5, 0.6) is 5.75 Å². The van der Waals surface area contributed by atoms with Crippen molar-refractivity contribution in [2.45, 2.75) is 26.8 Å². The van der Waals surface area contributed by atoms with E-state index >= 15 is 0 Å². The Balaban J connectivity index is 1.84. The Hall–Kier alpha value is -3.87. The van der Waals surface area contributed by atoms with E-state index in [4.69, 9.17) is 4.52 Å². The minimum Gasteiger partial charge on any atom is -0.508 e. The molecule has 2 heterocycles. The molecule has 7 heteroatoms. The van der Waals surface area contributed by atoms with E-state index in [-0.39, 0.29) is 17.1 Å². The summed E-state index contributed by atoms with van der Waals surface area (Å²) in [6.45, 7) is 5.16. The zero-order valence-electron chi connectivity index (χ0n) is 17.4. The van der Waals surface area contributed by atoms with Gasteiger partial charge in [-0.05, 0) is 18.2 Å². The van der Waals surface area contributed by atoms with Crippen LogP contribution in [0.3, 0.4) is 0 Å². The molecular formula is C24H22N2O5. The minimum atomic E-state index is -0.960. The fourth-order valence-electron chi connectivity index (χ4n) is 3.67. The summed E-state index contributed by atoms with van der Waals surface area (Å²) in [5.41, 5.74) is 1.38. The van der Waals surface area contributed by atoms with E-state index in [9.17, 15) is 19.8 Å². The van der Waals surface area contributed by atoms with Gasteiger partial charge in [0.25, 0.3) is 5.91 Å². The van der Waals surface area contributed by atoms with Gasteiger partial charge in [-0.1, -0.05) is 56.3 Å². The first-order valence-electron chi connectivity index (χ1n) is 9.80. The number of amides is 1. The topological polar surface area (TPSA) is 104 Å². The molecule has 2 aromatic carbocycles. The predicted molar refractivity (Wildman–Crippen MR) is 114 cm³/mol. The first kappa shape index (κ1) is 20.4. The molecule has 2 N–H and O–H groups in total. The Morgan fingerprint density at radius 3 is 2.29 bits per heavy atom. The molecule has 0 aliphatic carbocycles. The number of carbonyl (C=O) groups is 2. The molecule has 1 unspecified atom stereocenters. The highest BCUT2D eigenvalue weighted by atomic mass is 16.5. The largest absolute Gasteiger partial charge is 0.508 e. The van der Waals surface area contributed by atoms with Crippen LogP contribution < -0.4 is 4.90 Å². The zero-order chi connectivity index (χ0) is 22.3. The van der Waals surface area contributed by atoms with Crippen LogP contribution in [0, 0.1) is 5.41 Å². The third-order valence-corrected chi connectivity index (χ3v) is 5.24. The number of rotatable bonds is 4. The lowest BCUT2D eigenvalue weighted by Gasteiger charge is -2.29. The summed E-state index contributed by atoms with van der Waals surface area (Å²) in [7, 11) is 0. The van der Waals surface area contributed by atoms with Crippen molar-refractivity contribution in [3.05, 3.63) is 77.8 Å². The van der Waals surface area contributed by atoms with Gasteiger partial charge in [0, 0.05) is 28.3 Å². The first-order chi connectivity index (χ1) is 14.7. The van der Waals surface area contributed by atoms with Crippen LogP contribution in [0.15, 0.2) is 76.7 Å². The number of nitrogens with zero attached hydrogens (tertiary/aromatic N) is 2. The van der Waals surface area contributed by atoms with Crippen LogP contribution >= 0.6 is 0 Å². The second-order valence-corrected chi connectivity index (χ2v) is 8.41. The Labute approximate surface area is 179 Å². The van der Waals surface area contributed by atoms with E-state index in [1.807, 2.05) is 0 Å². The van der Waals surface area contributed by atoms with Gasteiger partial charge in [-0.3, -0.25) is 14.5 Å². The van der Waals surface area contributed by atoms with Crippen molar-refractivity contribution >= 4 is 17.4 Å². The number of para-hydroxylation sites is 1. The number of Topliss-reactive ketones (excluding diaryl/α,β-unsaturated/α-hetero) is 1. The fourth-order valence-corrected chi connectivity index (χ4v) is 3.67. The van der Waals surface area contributed by atoms with Crippen LogP contribution in [0.2, 0.25) is 0 Å². The maximum Gasteiger partial charge on any atom is 0.294 e. The van der Waals surface area contributed by atoms with E-state index in [1.165, 1.54) is 17.2 Å². The molecule has 1 aliphatic rings. The highest BCUT2D eigenvalue weighted by Crippen LogP contribution is 2.45. The fraction of sp³-hybridized carbons (Fsp3) is 0.208. The van der Waals surface area contributed by atoms with Crippen molar-refractivity contribution in [3.8, 4) is 17.0 Å². The smallest absolute Gasteiger partial charge is 0.294 e. The minimum absolute atomic E-state index is 0.0282. The van der Waals surface area contributed by atoms with Crippen LogP contribution in [0.1, 0.15) is 32.4 Å². The molecule has 0 saturated heterocycles. The van der Waals surface area contributed by atoms with Gasteiger partial charge >= 0.3 is 0 Å². The van der Waals surface area contributed by atoms with Crippen molar-refractivity contribution in [3.63, 3.8) is 0 Å². The average molecular weight is 418 g/mol. The Morgan fingerprint density at radius 2 is 1.71 bits per heavy atom. The number of phenols is 1. The number of hydrogen-bond donors (Lipinski definition) is 2. The molecular weight excluding hydrogens is 396 g/mol. The second-order valence-electron chi connectivity index (χ2n) is 8.41. The monoisotopic (exact) mass is 418 g/mol. The average Bonchev–Trinajstić information content (AvgIpc) is 3.35. The Morgan fingerprint density at radius 1 is 1.03 bits per heavy atom. The molecule has 31 heavy (non-hydrogen) atoms. The Kier molecular flexibility index (Phi) is 4.89. The quantitative estimate of drug-likeness (QED) is 0.644. The normalized spacial score (nSPS) is 16.8. The van der Waals surface area contributed by atoms with E-state index < -0.39 is 23.1 Å². The number of aliphatic hydroxyl groups is 1. The molecule has 0 radical (unpaired) electrons. The van der Waals surface area contributed by atoms with E-state index in [1.54, 1.807) is 69.3 Å². The number of hydrogen-bond acceptors (Lipinski definition) is 6. The summed E-state index contributed by atoms with van der Waals surface area (Å²) in [5.74, 6) is -1.74. The number of aliphatic hydroxyl groups excluding tert-OH is 1. The number of benzene rings is 2. The molecule has 0 saturated carbocycles. The maximum absolute atomic E-state index is 13.2. The maximum atomic E-state index is 13.2. The number of carbonyl (C=O) groups excluding carboxylic acids is 2. The molecule has 1 amide bonds. The number of anilines is 1. The molecule has 1 aromatic heterocycles. The van der Waals surface area contributed by atoms with Gasteiger partial charge in [0.15, 0.2) is 11.5 Å². The van der Waals surface area contributed by atoms with Crippen molar-refractivity contribution in [2.75, 3.05) is 4.90 Å². The van der Waals surface area contributed by atoms with Gasteiger partial charge in [0.1, 0.15) is 17.7 Å². The molecule has 1 aliphatic heterocycles. The summed E-state index contributed by atoms with van der Waals surface area (Å²) in [4.78, 5) is 27.6. The van der Waals surface area contributed by atoms with Gasteiger partial charge < -0.3 is 14.7 Å². The summed E-state index contributed by atoms with van der Waals surface area (Å²) in [6.07, 6.45) is 1.47. The molecule has 158 valence electrons. The summed E-state index contributed by atoms with van der Waals surface area (Å²) >= 11 is 0. The lowest BCUT2D eigenvalue weighted by Crippen LogP contribution is -2.32. The molecule has 0 bridgehead atoms. The van der Waals surface area contributed by atoms with E-state index in [0.717, 1.165) is 5.56 Å². The number of ketones is 1. The number of aromatic hydroxyl groups is 1. The molecule has 0 spiro atoms. The van der Waals surface area contributed by atoms with Crippen molar-refractivity contribution in [1.82, 2.24) is 5.16 Å². The van der Waals surface area contributed by atoms with Gasteiger partial charge in [-0.25, -0.2) is 0 Å². The molecule has 3 aromatic rings. The van der Waals surface area contributed by atoms with Crippen molar-refractivity contribution in [1.29, 1.82) is 0 Å². The highest BCUT2D eigenvalue weighted by Gasteiger charge is 2.47. The lowest BCUT2D eigenvalue weighted by atomic mass is 9.82. The van der Waals surface area contributed by atoms with Gasteiger partial charge in [-0.2, -0.15) is 0 Å². The zero-order valence-corrected chi connectivity index (χ0v) is 17.4. The van der Waals surface area contributed by atoms with E-state index in [2.05, 4.69) is 5.16 Å². The van der Waals surface area contributed by atoms with Crippen LogP contribution in [0.25, 0.3) is 11.3 Å². The predicted octanol–water partition coefficient (Wildman–Crippen LogP) is 4.56. The SMILES string of the molecule is CC(C)(C)C(=O)C1=C(O)C(=O)N(c2ccc(-c3ccon3)cc2)C1c1ccccc1O. The van der Waals surface area contributed by atoms with Crippen LogP contribution in [-0.2, 0) is 9.59 Å². The van der Waals surface area contributed by atoms with E-state index in [0.29, 0.717) is 16.9 Å². The standard InChI is InChI=1S/C24H22N2O5/c1-24(2,3)22(29)19-20(16-6-4-5-7-18(16)27)26(23(30)21(19)28)15-10-8-14(9-11-15)17-12-13-31-25-17/h4-13,20,27-28H,1-3H3. The molecule has 7 nitrogen and oxygen atoms in total. The third kappa shape index (κ3) is 3.48. The van der Waals surface area contributed by atoms with Crippen LogP contribution in [0.4, 0.5) is 5.69 Å². The number of phenolic OH excluding ortho intramolecular Hbond substituents is 1. The number of aromatic nitrogens is 1. The second kappa shape index (κ2) is 7.43. The Bertz CT molecular complexity index is 1170. The van der Waals surface area contributed by atoms with Crippen molar-refractivity contribution < 1.29 is 24.3 Å². The van der Waals surface area contributed by atoms with Crippen molar-refractivity contribution in [2.24, 2.45) is 5.41 Å². The highest BCUT2D eigenvalue weighted by molar-refractivity contribution is 6.17. The van der Waals surface area contributed by atoms with Crippen LogP contribution in [-0.4, -0.2) is 27.1 Å². The summed E-state index contributed by atoms with van der Waals surface area (Å²) in [6, 6.07) is 14.2. The first-order valence-corrected chi connectivity index (χ1v) is 9.80. The molecule has 4 rings (SSSR count). The third-order valence-electron chi connectivity index (χ3n) is 5.24. The van der Waals surface area contributed by atoms with Gasteiger partial charge in [0.05, 0.1) is 11.6 Å². The van der Waals surface area contributed by atoms with Gasteiger partial charge in [0.2, 0.25) is 0 Å². The molecule has 1 atom stereocenters. The molecule has 0 fully saturated rings.